The molecule has 1 fully saturated rings. The minimum absolute atomic E-state index is 0.0317. The highest BCUT2D eigenvalue weighted by Crippen LogP contribution is 2.34. The molecular weight excluding hydrogens is 406 g/mol. The lowest BCUT2D eigenvalue weighted by molar-refractivity contribution is 0.0764. The summed E-state index contributed by atoms with van der Waals surface area (Å²) < 4.78 is 31.4. The average Bonchev–Trinajstić information content (AvgIpc) is 3.18. The maximum absolute atomic E-state index is 13.5. The number of carbonyl (C=O) groups excluding carboxylic acids is 1. The molecule has 29 heavy (non-hydrogen) atoms. The molecular formula is C22H23NO4S2. The molecule has 1 aromatic heterocycles. The van der Waals surface area contributed by atoms with E-state index in [-0.39, 0.29) is 18.2 Å². The van der Waals surface area contributed by atoms with E-state index in [0.29, 0.717) is 30.9 Å². The van der Waals surface area contributed by atoms with Crippen LogP contribution < -0.4 is 4.74 Å². The Morgan fingerprint density at radius 2 is 1.97 bits per heavy atom. The van der Waals surface area contributed by atoms with Crippen molar-refractivity contribution < 1.29 is 17.9 Å². The van der Waals surface area contributed by atoms with Gasteiger partial charge in [0, 0.05) is 18.0 Å². The third-order valence-electron chi connectivity index (χ3n) is 5.29. The van der Waals surface area contributed by atoms with Crippen molar-refractivity contribution in [1.29, 1.82) is 0 Å². The molecule has 7 heteroatoms. The van der Waals surface area contributed by atoms with Gasteiger partial charge in [0.25, 0.3) is 5.91 Å². The number of sulfone groups is 1. The van der Waals surface area contributed by atoms with Gasteiger partial charge in [0.1, 0.15) is 5.75 Å². The number of fused-ring (bicyclic) bond motifs is 1. The van der Waals surface area contributed by atoms with E-state index < -0.39 is 15.1 Å². The number of nitrogens with zero attached hydrogens (tertiary/aromatic N) is 1. The first-order valence-electron chi connectivity index (χ1n) is 9.70. The van der Waals surface area contributed by atoms with Gasteiger partial charge in [-0.2, -0.15) is 0 Å². The van der Waals surface area contributed by atoms with Gasteiger partial charge in [-0.05, 0) is 41.6 Å². The van der Waals surface area contributed by atoms with Gasteiger partial charge in [0.2, 0.25) is 0 Å². The largest absolute Gasteiger partial charge is 0.493 e. The Kier molecular flexibility index (Phi) is 5.61. The first-order valence-corrected chi connectivity index (χ1v) is 12.3. The van der Waals surface area contributed by atoms with Crippen molar-refractivity contribution in [1.82, 2.24) is 4.90 Å². The van der Waals surface area contributed by atoms with Gasteiger partial charge in [0.15, 0.2) is 9.84 Å². The summed E-state index contributed by atoms with van der Waals surface area (Å²) in [6, 6.07) is 15.2. The monoisotopic (exact) mass is 429 g/mol. The molecule has 1 atom stereocenters. The zero-order valence-electron chi connectivity index (χ0n) is 16.2. The van der Waals surface area contributed by atoms with Gasteiger partial charge in [-0.25, -0.2) is 8.42 Å². The summed E-state index contributed by atoms with van der Waals surface area (Å²) in [6.45, 7) is 2.92. The molecule has 1 unspecified atom stereocenters. The van der Waals surface area contributed by atoms with Gasteiger partial charge < -0.3 is 9.64 Å². The van der Waals surface area contributed by atoms with Crippen molar-refractivity contribution in [3.63, 3.8) is 0 Å². The van der Waals surface area contributed by atoms with Crippen LogP contribution in [-0.2, 0) is 9.84 Å². The first kappa shape index (κ1) is 19.9. The van der Waals surface area contributed by atoms with Crippen LogP contribution in [-0.4, -0.2) is 44.7 Å². The normalized spacial score (nSPS) is 19.1. The smallest absolute Gasteiger partial charge is 0.258 e. The zero-order valence-corrected chi connectivity index (χ0v) is 17.8. The average molecular weight is 430 g/mol. The molecule has 1 aliphatic rings. The fraction of sp³-hybridized carbons (Fsp3) is 0.318. The van der Waals surface area contributed by atoms with Crippen molar-refractivity contribution in [3.8, 4) is 5.75 Å². The molecule has 1 amide bonds. The number of rotatable bonds is 4. The summed E-state index contributed by atoms with van der Waals surface area (Å²) in [5.74, 6) is 0.334. The van der Waals surface area contributed by atoms with E-state index in [0.717, 1.165) is 15.6 Å². The van der Waals surface area contributed by atoms with E-state index in [1.807, 2.05) is 60.8 Å². The van der Waals surface area contributed by atoms with Gasteiger partial charge in [0.05, 0.1) is 23.2 Å². The van der Waals surface area contributed by atoms with Crippen LogP contribution in [0.3, 0.4) is 0 Å². The Labute approximate surface area is 174 Å². The van der Waals surface area contributed by atoms with Crippen LogP contribution in [0, 0.1) is 0 Å². The number of amides is 1. The van der Waals surface area contributed by atoms with Gasteiger partial charge in [-0.15, -0.1) is 11.3 Å². The van der Waals surface area contributed by atoms with Crippen molar-refractivity contribution >= 4 is 37.9 Å². The van der Waals surface area contributed by atoms with Gasteiger partial charge >= 0.3 is 0 Å². The predicted octanol–water partition coefficient (Wildman–Crippen LogP) is 4.30. The predicted molar refractivity (Wildman–Crippen MR) is 116 cm³/mol. The summed E-state index contributed by atoms with van der Waals surface area (Å²) in [4.78, 5) is 16.0. The molecule has 0 radical (unpaired) electrons. The minimum atomic E-state index is -3.31. The fourth-order valence-corrected chi connectivity index (χ4v) is 6.85. The van der Waals surface area contributed by atoms with Crippen LogP contribution in [0.2, 0.25) is 0 Å². The van der Waals surface area contributed by atoms with Crippen LogP contribution in [0.25, 0.3) is 10.8 Å². The van der Waals surface area contributed by atoms with E-state index in [1.54, 1.807) is 4.90 Å². The van der Waals surface area contributed by atoms with Crippen molar-refractivity contribution in [2.75, 3.05) is 25.4 Å². The van der Waals surface area contributed by atoms with Crippen LogP contribution in [0.5, 0.6) is 5.75 Å². The zero-order chi connectivity index (χ0) is 20.4. The number of carbonyl (C=O) groups is 1. The van der Waals surface area contributed by atoms with Crippen LogP contribution in [0.15, 0.2) is 53.9 Å². The molecule has 4 rings (SSSR count). The topological polar surface area (TPSA) is 63.7 Å². The second-order valence-corrected chi connectivity index (χ2v) is 10.3. The van der Waals surface area contributed by atoms with Gasteiger partial charge in [-0.3, -0.25) is 4.79 Å². The number of ether oxygens (including phenoxy) is 1. The van der Waals surface area contributed by atoms with E-state index in [4.69, 9.17) is 4.74 Å². The van der Waals surface area contributed by atoms with E-state index in [2.05, 4.69) is 0 Å². The van der Waals surface area contributed by atoms with Crippen molar-refractivity contribution in [2.45, 2.75) is 18.6 Å². The maximum Gasteiger partial charge on any atom is 0.258 e. The summed E-state index contributed by atoms with van der Waals surface area (Å²) in [5, 5.41) is 3.13. The Balaban J connectivity index is 1.69. The molecule has 3 aromatic rings. The highest BCUT2D eigenvalue weighted by molar-refractivity contribution is 7.91. The second kappa shape index (κ2) is 8.16. The number of benzene rings is 2. The van der Waals surface area contributed by atoms with Crippen LogP contribution in [0.4, 0.5) is 0 Å². The molecule has 2 heterocycles. The molecule has 152 valence electrons. The fourth-order valence-electron chi connectivity index (χ4n) is 3.85. The SMILES string of the molecule is CCOc1ccc2ccccc2c1C(=O)N1CCC(c2cccs2)S(=O)(=O)CC1. The van der Waals surface area contributed by atoms with E-state index in [1.165, 1.54) is 11.3 Å². The third-order valence-corrected chi connectivity index (χ3v) is 8.54. The molecule has 1 aliphatic heterocycles. The lowest BCUT2D eigenvalue weighted by atomic mass is 10.0. The molecule has 0 bridgehead atoms. The van der Waals surface area contributed by atoms with E-state index >= 15 is 0 Å². The molecule has 2 aromatic carbocycles. The minimum Gasteiger partial charge on any atom is -0.493 e. The molecule has 0 N–H and O–H groups in total. The Bertz CT molecular complexity index is 1120. The highest BCUT2D eigenvalue weighted by atomic mass is 32.2. The quantitative estimate of drug-likeness (QED) is 0.620. The van der Waals surface area contributed by atoms with Crippen molar-refractivity contribution in [2.24, 2.45) is 0 Å². The summed E-state index contributed by atoms with van der Waals surface area (Å²) in [7, 11) is -3.31. The lowest BCUT2D eigenvalue weighted by Gasteiger charge is -2.22. The third kappa shape index (κ3) is 3.89. The number of hydrogen-bond acceptors (Lipinski definition) is 5. The lowest BCUT2D eigenvalue weighted by Crippen LogP contribution is -2.34. The molecule has 0 saturated carbocycles. The van der Waals surface area contributed by atoms with Crippen LogP contribution >= 0.6 is 11.3 Å². The number of thiophene rings is 1. The Hall–Kier alpha value is -2.38. The van der Waals surface area contributed by atoms with Crippen LogP contribution in [0.1, 0.15) is 33.8 Å². The molecule has 1 saturated heterocycles. The molecule has 0 aliphatic carbocycles. The van der Waals surface area contributed by atoms with E-state index in [9.17, 15) is 13.2 Å². The standard InChI is InChI=1S/C22H23NO4S2/c1-2-27-18-10-9-16-6-3-4-7-17(16)21(18)22(24)23-12-11-20(19-8-5-14-28-19)29(25,26)15-13-23/h3-10,14,20H,2,11-13,15H2,1H3. The first-order chi connectivity index (χ1) is 14.0. The maximum atomic E-state index is 13.5. The Morgan fingerprint density at radius 3 is 2.72 bits per heavy atom. The number of hydrogen-bond donors (Lipinski definition) is 0. The highest BCUT2D eigenvalue weighted by Gasteiger charge is 2.34. The second-order valence-electron chi connectivity index (χ2n) is 7.04. The molecule has 0 spiro atoms. The van der Waals surface area contributed by atoms with Crippen molar-refractivity contribution in [3.05, 3.63) is 64.4 Å². The Morgan fingerprint density at radius 1 is 1.14 bits per heavy atom. The summed E-state index contributed by atoms with van der Waals surface area (Å²) >= 11 is 1.46. The molecule has 5 nitrogen and oxygen atoms in total. The summed E-state index contributed by atoms with van der Waals surface area (Å²) in [6.07, 6.45) is 0.406. The summed E-state index contributed by atoms with van der Waals surface area (Å²) in [5.41, 5.74) is 0.511. The van der Waals surface area contributed by atoms with Gasteiger partial charge in [-0.1, -0.05) is 36.4 Å².